The molecule has 1 atom stereocenters. The largest absolute Gasteiger partial charge is 0.333 e. The normalized spacial score (nSPS) is 22.7. The molecule has 1 saturated heterocycles. The predicted molar refractivity (Wildman–Crippen MR) is 90.4 cm³/mol. The van der Waals surface area contributed by atoms with Gasteiger partial charge in [-0.3, -0.25) is 0 Å². The Kier molecular flexibility index (Phi) is 4.80. The summed E-state index contributed by atoms with van der Waals surface area (Å²) in [6, 6.07) is -0.116. The van der Waals surface area contributed by atoms with Gasteiger partial charge in [-0.25, -0.2) is 4.98 Å². The quantitative estimate of drug-likeness (QED) is 0.824. The lowest BCUT2D eigenvalue weighted by Crippen LogP contribution is -2.42. The fourth-order valence-corrected chi connectivity index (χ4v) is 5.54. The molecule has 0 aromatic carbocycles. The first kappa shape index (κ1) is 16.9. The van der Waals surface area contributed by atoms with E-state index in [1.54, 1.807) is 11.4 Å². The average molecular weight is 340 g/mol. The van der Waals surface area contributed by atoms with Crippen LogP contribution in [-0.2, 0) is 30.1 Å². The molecule has 0 amide bonds. The van der Waals surface area contributed by atoms with Gasteiger partial charge in [0.05, 0.1) is 11.7 Å². The zero-order valence-electron chi connectivity index (χ0n) is 14.5. The first-order chi connectivity index (χ1) is 11.0. The van der Waals surface area contributed by atoms with Crippen molar-refractivity contribution in [3.05, 3.63) is 17.2 Å². The fraction of sp³-hybridized carbons (Fsp3) is 0.812. The molecule has 2 aliphatic rings. The third-order valence-electron chi connectivity index (χ3n) is 5.14. The van der Waals surface area contributed by atoms with Crippen LogP contribution in [0.3, 0.4) is 0 Å². The number of aryl methyl sites for hydroxylation is 1. The van der Waals surface area contributed by atoms with E-state index in [0.29, 0.717) is 13.1 Å². The Hall–Kier alpha value is -0.920. The summed E-state index contributed by atoms with van der Waals surface area (Å²) in [6.07, 6.45) is 7.08. The van der Waals surface area contributed by atoms with Gasteiger partial charge in [0, 0.05) is 32.9 Å². The van der Waals surface area contributed by atoms with Crippen LogP contribution in [-0.4, -0.2) is 46.7 Å². The van der Waals surface area contributed by atoms with E-state index in [9.17, 15) is 8.42 Å². The topological polar surface area (TPSA) is 58.4 Å². The molecule has 0 bridgehead atoms. The number of hydrogen-bond donors (Lipinski definition) is 0. The molecular formula is C16H28N4O2S. The zero-order chi connectivity index (χ0) is 16.6. The van der Waals surface area contributed by atoms with Crippen molar-refractivity contribution in [2.75, 3.05) is 20.1 Å². The second kappa shape index (κ2) is 6.53. The van der Waals surface area contributed by atoms with Crippen molar-refractivity contribution >= 4 is 10.2 Å². The van der Waals surface area contributed by atoms with Crippen molar-refractivity contribution in [2.45, 2.75) is 57.9 Å². The SMILES string of the molecule is CCCN(C)S(=O)(=O)N1CCC[C@@H]1c1nc2c(n1C)CCCC2. The molecule has 130 valence electrons. The molecule has 7 heteroatoms. The summed E-state index contributed by atoms with van der Waals surface area (Å²) in [5.74, 6) is 0.933. The summed E-state index contributed by atoms with van der Waals surface area (Å²) in [4.78, 5) is 4.84. The lowest BCUT2D eigenvalue weighted by atomic mass is 10.0. The van der Waals surface area contributed by atoms with Gasteiger partial charge in [0.25, 0.3) is 10.2 Å². The molecule has 1 aromatic heterocycles. The number of hydrogen-bond acceptors (Lipinski definition) is 3. The van der Waals surface area contributed by atoms with Gasteiger partial charge in [-0.2, -0.15) is 17.0 Å². The summed E-state index contributed by atoms with van der Waals surface area (Å²) >= 11 is 0. The van der Waals surface area contributed by atoms with E-state index in [1.165, 1.54) is 28.5 Å². The Morgan fingerprint density at radius 3 is 2.70 bits per heavy atom. The van der Waals surface area contributed by atoms with Gasteiger partial charge in [-0.15, -0.1) is 0 Å². The van der Waals surface area contributed by atoms with Gasteiger partial charge in [0.1, 0.15) is 5.82 Å². The summed E-state index contributed by atoms with van der Waals surface area (Å²) < 4.78 is 31.1. The van der Waals surface area contributed by atoms with Crippen LogP contribution in [0.1, 0.15) is 62.3 Å². The van der Waals surface area contributed by atoms with Crippen LogP contribution in [0.5, 0.6) is 0 Å². The average Bonchev–Trinajstić information content (AvgIpc) is 3.13. The van der Waals surface area contributed by atoms with Crippen molar-refractivity contribution in [2.24, 2.45) is 7.05 Å². The van der Waals surface area contributed by atoms with Gasteiger partial charge in [0.2, 0.25) is 0 Å². The highest BCUT2D eigenvalue weighted by atomic mass is 32.2. The van der Waals surface area contributed by atoms with E-state index >= 15 is 0 Å². The van der Waals surface area contributed by atoms with Gasteiger partial charge in [0.15, 0.2) is 0 Å². The Balaban J connectivity index is 1.92. The molecule has 1 fully saturated rings. The lowest BCUT2D eigenvalue weighted by Gasteiger charge is -2.28. The number of nitrogens with zero attached hydrogens (tertiary/aromatic N) is 4. The third kappa shape index (κ3) is 2.94. The van der Waals surface area contributed by atoms with Crippen LogP contribution >= 0.6 is 0 Å². The molecule has 6 nitrogen and oxygen atoms in total. The maximum Gasteiger partial charge on any atom is 0.282 e. The van der Waals surface area contributed by atoms with Crippen molar-refractivity contribution < 1.29 is 8.42 Å². The fourth-order valence-electron chi connectivity index (χ4n) is 3.89. The van der Waals surface area contributed by atoms with Crippen LogP contribution in [0.4, 0.5) is 0 Å². The smallest absolute Gasteiger partial charge is 0.282 e. The summed E-state index contributed by atoms with van der Waals surface area (Å²) in [5, 5.41) is 0. The highest BCUT2D eigenvalue weighted by Crippen LogP contribution is 2.36. The molecule has 0 saturated carbocycles. The van der Waals surface area contributed by atoms with Gasteiger partial charge in [-0.1, -0.05) is 6.92 Å². The van der Waals surface area contributed by atoms with Crippen LogP contribution in [0, 0.1) is 0 Å². The standard InChI is InChI=1S/C16H28N4O2S/c1-4-11-18(2)23(21,22)20-12-7-10-15(20)16-17-13-8-5-6-9-14(13)19(16)3/h15H,4-12H2,1-3H3/t15-/m1/s1. The van der Waals surface area contributed by atoms with Crippen LogP contribution < -0.4 is 0 Å². The Morgan fingerprint density at radius 2 is 2.00 bits per heavy atom. The first-order valence-corrected chi connectivity index (χ1v) is 10.1. The monoisotopic (exact) mass is 340 g/mol. The number of aromatic nitrogens is 2. The zero-order valence-corrected chi connectivity index (χ0v) is 15.3. The molecule has 0 N–H and O–H groups in total. The molecule has 3 rings (SSSR count). The van der Waals surface area contributed by atoms with E-state index in [0.717, 1.165) is 37.9 Å². The van der Waals surface area contributed by atoms with Crippen LogP contribution in [0.2, 0.25) is 0 Å². The van der Waals surface area contributed by atoms with Crippen molar-refractivity contribution in [3.8, 4) is 0 Å². The molecule has 1 aliphatic heterocycles. The molecule has 2 heterocycles. The van der Waals surface area contributed by atoms with Crippen LogP contribution in [0.25, 0.3) is 0 Å². The Bertz CT molecular complexity index is 668. The van der Waals surface area contributed by atoms with E-state index in [2.05, 4.69) is 4.57 Å². The van der Waals surface area contributed by atoms with Crippen molar-refractivity contribution in [1.29, 1.82) is 0 Å². The molecule has 23 heavy (non-hydrogen) atoms. The minimum Gasteiger partial charge on any atom is -0.333 e. The first-order valence-electron chi connectivity index (χ1n) is 8.74. The molecule has 0 spiro atoms. The molecule has 0 radical (unpaired) electrons. The van der Waals surface area contributed by atoms with Gasteiger partial charge in [-0.05, 0) is 44.9 Å². The van der Waals surface area contributed by atoms with E-state index in [4.69, 9.17) is 4.98 Å². The lowest BCUT2D eigenvalue weighted by molar-refractivity contribution is 0.335. The van der Waals surface area contributed by atoms with Gasteiger partial charge < -0.3 is 4.57 Å². The predicted octanol–water partition coefficient (Wildman–Crippen LogP) is 2.02. The van der Waals surface area contributed by atoms with Crippen molar-refractivity contribution in [1.82, 2.24) is 18.2 Å². The highest BCUT2D eigenvalue weighted by molar-refractivity contribution is 7.86. The Morgan fingerprint density at radius 1 is 1.26 bits per heavy atom. The summed E-state index contributed by atoms with van der Waals surface area (Å²) in [5.41, 5.74) is 2.48. The molecular weight excluding hydrogens is 312 g/mol. The number of rotatable bonds is 5. The van der Waals surface area contributed by atoms with E-state index in [-0.39, 0.29) is 6.04 Å². The van der Waals surface area contributed by atoms with E-state index < -0.39 is 10.2 Å². The molecule has 0 unspecified atom stereocenters. The van der Waals surface area contributed by atoms with E-state index in [1.807, 2.05) is 14.0 Å². The maximum absolute atomic E-state index is 12.9. The maximum atomic E-state index is 12.9. The minimum absolute atomic E-state index is 0.116. The summed E-state index contributed by atoms with van der Waals surface area (Å²) in [7, 11) is 0.322. The second-order valence-corrected chi connectivity index (χ2v) is 8.72. The second-order valence-electron chi connectivity index (χ2n) is 6.73. The minimum atomic E-state index is -3.40. The molecule has 1 aliphatic carbocycles. The number of imidazole rings is 1. The summed E-state index contributed by atoms with van der Waals surface area (Å²) in [6.45, 7) is 3.15. The van der Waals surface area contributed by atoms with Crippen LogP contribution in [0.15, 0.2) is 0 Å². The van der Waals surface area contributed by atoms with Gasteiger partial charge >= 0.3 is 0 Å². The Labute approximate surface area is 139 Å². The molecule has 1 aromatic rings. The third-order valence-corrected chi connectivity index (χ3v) is 7.14. The number of fused-ring (bicyclic) bond motifs is 1. The highest BCUT2D eigenvalue weighted by Gasteiger charge is 2.40. The van der Waals surface area contributed by atoms with Crippen molar-refractivity contribution in [3.63, 3.8) is 0 Å².